The van der Waals surface area contributed by atoms with E-state index in [1.807, 2.05) is 38.1 Å². The lowest BCUT2D eigenvalue weighted by Crippen LogP contribution is -2.59. The molecule has 0 saturated carbocycles. The molecule has 5 unspecified atom stereocenters. The van der Waals surface area contributed by atoms with Crippen molar-refractivity contribution < 1.29 is 24.3 Å². The molecule has 41 heavy (non-hydrogen) atoms. The molecule has 0 spiro atoms. The van der Waals surface area contributed by atoms with Gasteiger partial charge in [-0.05, 0) is 36.3 Å². The Hall–Kier alpha value is -4.13. The van der Waals surface area contributed by atoms with Crippen molar-refractivity contribution in [1.82, 2.24) is 20.9 Å². The van der Waals surface area contributed by atoms with Gasteiger partial charge in [-0.1, -0.05) is 52.3 Å². The van der Waals surface area contributed by atoms with Crippen LogP contribution in [-0.4, -0.2) is 70.5 Å². The number of nitrogens with one attached hydrogen (secondary N) is 4. The molecule has 2 rings (SSSR count). The lowest BCUT2D eigenvalue weighted by Gasteiger charge is -2.27. The van der Waals surface area contributed by atoms with Gasteiger partial charge in [-0.15, -0.1) is 0 Å². The molecule has 1 aromatic heterocycles. The maximum absolute atomic E-state index is 13.4. The molecule has 1 heterocycles. The van der Waals surface area contributed by atoms with Crippen molar-refractivity contribution >= 4 is 40.6 Å². The van der Waals surface area contributed by atoms with Crippen LogP contribution in [0.3, 0.4) is 0 Å². The van der Waals surface area contributed by atoms with Gasteiger partial charge in [0.2, 0.25) is 17.7 Å². The summed E-state index contributed by atoms with van der Waals surface area (Å²) in [5.74, 6) is -3.54. The number of benzene rings is 1. The maximum atomic E-state index is 13.4. The average Bonchev–Trinajstić information content (AvgIpc) is 3.33. The molecule has 13 nitrogen and oxygen atoms in total. The molecular formula is C28H44N8O5. The smallest absolute Gasteiger partial charge is 0.326 e. The summed E-state index contributed by atoms with van der Waals surface area (Å²) >= 11 is 0. The lowest BCUT2D eigenvalue weighted by atomic mass is 9.98. The number of hydrogen-bond acceptors (Lipinski definition) is 6. The summed E-state index contributed by atoms with van der Waals surface area (Å²) < 4.78 is 0. The minimum absolute atomic E-state index is 0.0425. The molecule has 11 N–H and O–H groups in total. The number of carboxylic acids is 1. The minimum Gasteiger partial charge on any atom is -0.480 e. The molecule has 5 atom stereocenters. The second kappa shape index (κ2) is 15.6. The molecule has 1 aromatic carbocycles. The number of amides is 3. The highest BCUT2D eigenvalue weighted by atomic mass is 16.4. The zero-order valence-corrected chi connectivity index (χ0v) is 24.1. The zero-order chi connectivity index (χ0) is 30.7. The third kappa shape index (κ3) is 9.78. The fourth-order valence-corrected chi connectivity index (χ4v) is 4.32. The highest BCUT2D eigenvalue weighted by Crippen LogP contribution is 2.19. The maximum Gasteiger partial charge on any atom is 0.326 e. The van der Waals surface area contributed by atoms with Crippen molar-refractivity contribution in [2.45, 2.75) is 77.5 Å². The molecule has 0 aliphatic heterocycles. The average molecular weight is 573 g/mol. The van der Waals surface area contributed by atoms with Gasteiger partial charge >= 0.3 is 5.97 Å². The van der Waals surface area contributed by atoms with Crippen molar-refractivity contribution in [1.29, 1.82) is 0 Å². The van der Waals surface area contributed by atoms with Gasteiger partial charge in [0.15, 0.2) is 5.96 Å². The Labute approximate surface area is 240 Å². The Kier molecular flexibility index (Phi) is 12.6. The highest BCUT2D eigenvalue weighted by molar-refractivity contribution is 5.94. The summed E-state index contributed by atoms with van der Waals surface area (Å²) in [6, 6.07) is 3.33. The van der Waals surface area contributed by atoms with Crippen LogP contribution in [0, 0.1) is 11.8 Å². The number of hydrogen-bond donors (Lipinski definition) is 8. The largest absolute Gasteiger partial charge is 0.480 e. The number of para-hydroxylation sites is 1. The topological polar surface area (TPSA) is 231 Å². The van der Waals surface area contributed by atoms with Crippen molar-refractivity contribution in [3.8, 4) is 0 Å². The summed E-state index contributed by atoms with van der Waals surface area (Å²) in [6.07, 6.45) is 3.00. The minimum atomic E-state index is -1.23. The van der Waals surface area contributed by atoms with Crippen LogP contribution in [0.25, 0.3) is 10.9 Å². The number of aromatic amines is 1. The van der Waals surface area contributed by atoms with E-state index in [-0.39, 0.29) is 37.2 Å². The first-order valence-electron chi connectivity index (χ1n) is 13.9. The Balaban J connectivity index is 2.17. The third-order valence-corrected chi connectivity index (χ3v) is 7.10. The van der Waals surface area contributed by atoms with E-state index in [9.17, 15) is 24.3 Å². The normalized spacial score (nSPS) is 14.9. The van der Waals surface area contributed by atoms with Crippen LogP contribution in [-0.2, 0) is 25.6 Å². The number of guanidine groups is 1. The number of nitrogens with zero attached hydrogens (tertiary/aromatic N) is 1. The van der Waals surface area contributed by atoms with E-state index >= 15 is 0 Å². The van der Waals surface area contributed by atoms with Gasteiger partial charge in [0.25, 0.3) is 0 Å². The lowest BCUT2D eigenvalue weighted by molar-refractivity contribution is -0.142. The van der Waals surface area contributed by atoms with Crippen molar-refractivity contribution in [2.75, 3.05) is 6.54 Å². The fourth-order valence-electron chi connectivity index (χ4n) is 4.32. The second-order valence-corrected chi connectivity index (χ2v) is 10.6. The quantitative estimate of drug-likeness (QED) is 0.0791. The number of aromatic nitrogens is 1. The molecule has 13 heteroatoms. The van der Waals surface area contributed by atoms with Crippen LogP contribution in [0.2, 0.25) is 0 Å². The standard InChI is InChI=1S/C28H44N8O5/c1-5-16(4)22(29)25(38)34-20(11-8-12-32-28(30)31)24(37)36-23(15(2)3)26(39)35-21(27(40)41)13-17-14-33-19-10-7-6-9-18(17)19/h6-7,9-10,14-16,20-23,33H,5,8,11-13,29H2,1-4H3,(H,34,38)(H,35,39)(H,36,37)(H,40,41)(H4,30,31,32). The van der Waals surface area contributed by atoms with Crippen LogP contribution in [0.4, 0.5) is 0 Å². The summed E-state index contributed by atoms with van der Waals surface area (Å²) in [5.41, 5.74) is 18.4. The van der Waals surface area contributed by atoms with Crippen molar-refractivity contribution in [3.05, 3.63) is 36.0 Å². The molecule has 226 valence electrons. The van der Waals surface area contributed by atoms with E-state index in [1.165, 1.54) is 0 Å². The van der Waals surface area contributed by atoms with Gasteiger partial charge < -0.3 is 43.2 Å². The third-order valence-electron chi connectivity index (χ3n) is 7.10. The van der Waals surface area contributed by atoms with E-state index in [2.05, 4.69) is 25.9 Å². The number of aliphatic imine (C=N–C) groups is 1. The van der Waals surface area contributed by atoms with E-state index in [4.69, 9.17) is 17.2 Å². The summed E-state index contributed by atoms with van der Waals surface area (Å²) in [7, 11) is 0. The van der Waals surface area contributed by atoms with Crippen molar-refractivity contribution in [2.24, 2.45) is 34.0 Å². The highest BCUT2D eigenvalue weighted by Gasteiger charge is 2.32. The molecule has 2 aromatic rings. The van der Waals surface area contributed by atoms with Gasteiger partial charge in [0.1, 0.15) is 18.1 Å². The SMILES string of the molecule is CCC(C)C(N)C(=O)NC(CCCN=C(N)N)C(=O)NC(C(=O)NC(Cc1c[nH]c2ccccc12)C(=O)O)C(C)C. The molecule has 0 radical (unpaired) electrons. The summed E-state index contributed by atoms with van der Waals surface area (Å²) in [6.45, 7) is 7.44. The van der Waals surface area contributed by atoms with E-state index in [1.54, 1.807) is 20.0 Å². The molecule has 0 bridgehead atoms. The predicted octanol–water partition coefficient (Wildman–Crippen LogP) is 0.332. The predicted molar refractivity (Wildman–Crippen MR) is 158 cm³/mol. The zero-order valence-electron chi connectivity index (χ0n) is 24.1. The van der Waals surface area contributed by atoms with E-state index in [0.29, 0.717) is 12.8 Å². The van der Waals surface area contributed by atoms with Crippen LogP contribution in [0.1, 0.15) is 52.5 Å². The first-order chi connectivity index (χ1) is 19.3. The number of carboxylic acid groups (broad SMARTS) is 1. The summed E-state index contributed by atoms with van der Waals surface area (Å²) in [5, 5.41) is 18.7. The number of H-pyrrole nitrogens is 1. The molecule has 0 saturated heterocycles. The van der Waals surface area contributed by atoms with Gasteiger partial charge in [-0.25, -0.2) is 4.79 Å². The summed E-state index contributed by atoms with van der Waals surface area (Å²) in [4.78, 5) is 58.5. The first-order valence-corrected chi connectivity index (χ1v) is 13.9. The first kappa shape index (κ1) is 33.1. The van der Waals surface area contributed by atoms with Gasteiger partial charge in [-0.2, -0.15) is 0 Å². The second-order valence-electron chi connectivity index (χ2n) is 10.6. The van der Waals surface area contributed by atoms with Crippen LogP contribution < -0.4 is 33.2 Å². The van der Waals surface area contributed by atoms with Crippen LogP contribution in [0.15, 0.2) is 35.5 Å². The Morgan fingerprint density at radius 3 is 2.24 bits per heavy atom. The number of aliphatic carboxylic acids is 1. The molecular weight excluding hydrogens is 528 g/mol. The van der Waals surface area contributed by atoms with E-state index < -0.39 is 47.9 Å². The molecule has 3 amide bonds. The molecule has 0 aliphatic carbocycles. The Morgan fingerprint density at radius 1 is 0.976 bits per heavy atom. The number of carbonyl (C=O) groups is 4. The number of rotatable bonds is 16. The van der Waals surface area contributed by atoms with Gasteiger partial charge in [0, 0.05) is 30.1 Å². The fraction of sp³-hybridized carbons (Fsp3) is 0.536. The number of nitrogens with two attached hydrogens (primary N) is 3. The molecule has 0 fully saturated rings. The Bertz CT molecular complexity index is 1220. The monoisotopic (exact) mass is 572 g/mol. The van der Waals surface area contributed by atoms with Gasteiger partial charge in [0.05, 0.1) is 6.04 Å². The van der Waals surface area contributed by atoms with E-state index in [0.717, 1.165) is 16.5 Å². The van der Waals surface area contributed by atoms with Crippen molar-refractivity contribution in [3.63, 3.8) is 0 Å². The van der Waals surface area contributed by atoms with Gasteiger partial charge in [-0.3, -0.25) is 19.4 Å². The number of carbonyl (C=O) groups excluding carboxylic acids is 3. The number of fused-ring (bicyclic) bond motifs is 1. The van der Waals surface area contributed by atoms with Crippen LogP contribution >= 0.6 is 0 Å². The van der Waals surface area contributed by atoms with Crippen LogP contribution in [0.5, 0.6) is 0 Å². The Morgan fingerprint density at radius 2 is 1.63 bits per heavy atom. The molecule has 0 aliphatic rings.